The van der Waals surface area contributed by atoms with Gasteiger partial charge in [0.2, 0.25) is 0 Å². The van der Waals surface area contributed by atoms with Crippen molar-refractivity contribution in [3.8, 4) is 0 Å². The van der Waals surface area contributed by atoms with Crippen LogP contribution in [0.2, 0.25) is 10.2 Å². The summed E-state index contributed by atoms with van der Waals surface area (Å²) in [5, 5.41) is 7.78. The normalized spacial score (nSPS) is 11.6. The topological polar surface area (TPSA) is 44.6 Å². The fraction of sp³-hybridized carbons (Fsp3) is 0.706. The van der Waals surface area contributed by atoms with E-state index in [1.165, 1.54) is 6.42 Å². The Balaban J connectivity index is 0.00000576. The number of nitrogens with zero attached hydrogens (tertiary/aromatic N) is 3. The van der Waals surface area contributed by atoms with E-state index in [2.05, 4.69) is 41.3 Å². The van der Waals surface area contributed by atoms with Crippen molar-refractivity contribution in [3.63, 3.8) is 0 Å². The summed E-state index contributed by atoms with van der Waals surface area (Å²) < 4.78 is 1.86. The molecule has 0 aliphatic rings. The van der Waals surface area contributed by atoms with Crippen LogP contribution < -0.4 is 10.6 Å². The van der Waals surface area contributed by atoms with Crippen molar-refractivity contribution >= 4 is 53.1 Å². The molecule has 5 nitrogen and oxygen atoms in total. The maximum atomic E-state index is 6.09. The van der Waals surface area contributed by atoms with E-state index in [9.17, 15) is 0 Å². The van der Waals surface area contributed by atoms with Gasteiger partial charge in [0, 0.05) is 25.8 Å². The number of rotatable bonds is 10. The summed E-state index contributed by atoms with van der Waals surface area (Å²) in [6.07, 6.45) is 2.32. The first-order chi connectivity index (χ1) is 11.5. The Labute approximate surface area is 179 Å². The van der Waals surface area contributed by atoms with Crippen molar-refractivity contribution in [1.82, 2.24) is 20.1 Å². The lowest BCUT2D eigenvalue weighted by molar-refractivity contribution is 0.297. The molecule has 1 aromatic heterocycles. The average Bonchev–Trinajstić information content (AvgIpc) is 2.82. The van der Waals surface area contributed by atoms with E-state index in [1.807, 2.05) is 17.7 Å². The number of guanidine groups is 1. The van der Waals surface area contributed by atoms with E-state index < -0.39 is 0 Å². The minimum atomic E-state index is 0. The SMILES string of the molecule is CCNC(=NCc1cc(Cl)c(Cl)n1C)NCCCCN(CC)CC.I. The smallest absolute Gasteiger partial charge is 0.191 e. The Kier molecular flexibility index (Phi) is 13.8. The standard InChI is InChI=1S/C17H31Cl2N5.HI/c1-5-20-17(21-10-8-9-11-24(6-2)7-3)22-13-14-12-15(18)16(19)23(14)4;/h12H,5-11,13H2,1-4H3,(H2,20,21,22);1H. The monoisotopic (exact) mass is 503 g/mol. The van der Waals surface area contributed by atoms with Crippen molar-refractivity contribution in [2.24, 2.45) is 12.0 Å². The molecule has 8 heteroatoms. The van der Waals surface area contributed by atoms with Gasteiger partial charge in [-0.05, 0) is 45.5 Å². The zero-order chi connectivity index (χ0) is 17.9. The van der Waals surface area contributed by atoms with Crippen LogP contribution in [-0.2, 0) is 13.6 Å². The highest BCUT2D eigenvalue weighted by molar-refractivity contribution is 14.0. The van der Waals surface area contributed by atoms with Gasteiger partial charge in [0.1, 0.15) is 5.15 Å². The van der Waals surface area contributed by atoms with Crippen LogP contribution in [0.25, 0.3) is 0 Å². The van der Waals surface area contributed by atoms with Gasteiger partial charge in [-0.2, -0.15) is 0 Å². The van der Waals surface area contributed by atoms with Gasteiger partial charge in [-0.1, -0.05) is 37.0 Å². The van der Waals surface area contributed by atoms with E-state index in [0.29, 0.717) is 16.7 Å². The predicted octanol–water partition coefficient (Wildman–Crippen LogP) is 4.13. The third-order valence-corrected chi connectivity index (χ3v) is 4.89. The van der Waals surface area contributed by atoms with Gasteiger partial charge < -0.3 is 20.1 Å². The third kappa shape index (κ3) is 8.84. The fourth-order valence-electron chi connectivity index (χ4n) is 2.45. The molecule has 146 valence electrons. The zero-order valence-corrected chi connectivity index (χ0v) is 19.6. The predicted molar refractivity (Wildman–Crippen MR) is 121 cm³/mol. The van der Waals surface area contributed by atoms with E-state index >= 15 is 0 Å². The van der Waals surface area contributed by atoms with E-state index in [1.54, 1.807) is 0 Å². The minimum absolute atomic E-state index is 0. The number of aromatic nitrogens is 1. The summed E-state index contributed by atoms with van der Waals surface area (Å²) in [4.78, 5) is 7.06. The molecule has 0 saturated heterocycles. The average molecular weight is 504 g/mol. The summed E-state index contributed by atoms with van der Waals surface area (Å²) in [5.74, 6) is 0.828. The molecule has 0 radical (unpaired) electrons. The van der Waals surface area contributed by atoms with Gasteiger partial charge in [0.25, 0.3) is 0 Å². The first kappa shape index (κ1) is 24.8. The van der Waals surface area contributed by atoms with Gasteiger partial charge >= 0.3 is 0 Å². The lowest BCUT2D eigenvalue weighted by Crippen LogP contribution is -2.38. The Morgan fingerprint density at radius 2 is 1.84 bits per heavy atom. The van der Waals surface area contributed by atoms with Crippen molar-refractivity contribution in [2.45, 2.75) is 40.2 Å². The maximum absolute atomic E-state index is 6.09. The van der Waals surface area contributed by atoms with Crippen LogP contribution in [0.4, 0.5) is 0 Å². The number of aliphatic imine (C=N–C) groups is 1. The second kappa shape index (κ2) is 13.9. The van der Waals surface area contributed by atoms with Gasteiger partial charge in [-0.15, -0.1) is 24.0 Å². The van der Waals surface area contributed by atoms with Crippen LogP contribution in [-0.4, -0.2) is 48.2 Å². The molecule has 0 aliphatic carbocycles. The van der Waals surface area contributed by atoms with E-state index in [-0.39, 0.29) is 24.0 Å². The van der Waals surface area contributed by atoms with Gasteiger partial charge in [0.15, 0.2) is 5.96 Å². The molecule has 0 fully saturated rings. The van der Waals surface area contributed by atoms with Crippen LogP contribution in [0, 0.1) is 0 Å². The molecule has 1 heterocycles. The van der Waals surface area contributed by atoms with Crippen LogP contribution >= 0.6 is 47.2 Å². The Hall–Kier alpha value is -0.180. The largest absolute Gasteiger partial charge is 0.357 e. The summed E-state index contributed by atoms with van der Waals surface area (Å²) in [5.41, 5.74) is 0.990. The molecule has 0 aromatic carbocycles. The van der Waals surface area contributed by atoms with Gasteiger partial charge in [0.05, 0.1) is 11.6 Å². The van der Waals surface area contributed by atoms with Crippen LogP contribution in [0.5, 0.6) is 0 Å². The lowest BCUT2D eigenvalue weighted by atomic mass is 10.3. The quantitative estimate of drug-likeness (QED) is 0.218. The van der Waals surface area contributed by atoms with Crippen molar-refractivity contribution in [3.05, 3.63) is 21.9 Å². The molecule has 0 spiro atoms. The molecular weight excluding hydrogens is 472 g/mol. The highest BCUT2D eigenvalue weighted by Gasteiger charge is 2.08. The highest BCUT2D eigenvalue weighted by atomic mass is 127. The van der Waals surface area contributed by atoms with E-state index in [0.717, 1.165) is 50.8 Å². The first-order valence-corrected chi connectivity index (χ1v) is 9.53. The lowest BCUT2D eigenvalue weighted by Gasteiger charge is -2.18. The minimum Gasteiger partial charge on any atom is -0.357 e. The number of nitrogens with one attached hydrogen (secondary N) is 2. The molecule has 1 aromatic rings. The van der Waals surface area contributed by atoms with Crippen LogP contribution in [0.1, 0.15) is 39.3 Å². The second-order valence-corrected chi connectivity index (χ2v) is 6.45. The van der Waals surface area contributed by atoms with Crippen LogP contribution in [0.15, 0.2) is 11.1 Å². The summed E-state index contributed by atoms with van der Waals surface area (Å²) in [6.45, 7) is 12.2. The summed E-state index contributed by atoms with van der Waals surface area (Å²) in [7, 11) is 1.90. The summed E-state index contributed by atoms with van der Waals surface area (Å²) >= 11 is 12.1. The highest BCUT2D eigenvalue weighted by Crippen LogP contribution is 2.25. The number of hydrogen-bond acceptors (Lipinski definition) is 2. The van der Waals surface area contributed by atoms with Gasteiger partial charge in [-0.25, -0.2) is 4.99 Å². The van der Waals surface area contributed by atoms with Crippen molar-refractivity contribution in [2.75, 3.05) is 32.7 Å². The molecule has 25 heavy (non-hydrogen) atoms. The van der Waals surface area contributed by atoms with Gasteiger partial charge in [-0.3, -0.25) is 0 Å². The van der Waals surface area contributed by atoms with E-state index in [4.69, 9.17) is 23.2 Å². The molecule has 0 saturated carbocycles. The summed E-state index contributed by atoms with van der Waals surface area (Å²) in [6, 6.07) is 1.86. The number of halogens is 3. The zero-order valence-electron chi connectivity index (χ0n) is 15.7. The second-order valence-electron chi connectivity index (χ2n) is 5.69. The Morgan fingerprint density at radius 3 is 2.36 bits per heavy atom. The Morgan fingerprint density at radius 1 is 1.16 bits per heavy atom. The number of unbranched alkanes of at least 4 members (excludes halogenated alkanes) is 1. The fourth-order valence-corrected chi connectivity index (χ4v) is 2.87. The Bertz CT molecular complexity index is 515. The molecular formula is C17H32Cl2IN5. The maximum Gasteiger partial charge on any atom is 0.191 e. The molecule has 0 unspecified atom stereocenters. The number of hydrogen-bond donors (Lipinski definition) is 2. The van der Waals surface area contributed by atoms with Crippen molar-refractivity contribution in [1.29, 1.82) is 0 Å². The molecule has 0 aliphatic heterocycles. The first-order valence-electron chi connectivity index (χ1n) is 8.77. The molecule has 1 rings (SSSR count). The third-order valence-electron chi connectivity index (χ3n) is 4.05. The molecule has 0 atom stereocenters. The van der Waals surface area contributed by atoms with Crippen LogP contribution in [0.3, 0.4) is 0 Å². The molecule has 2 N–H and O–H groups in total. The van der Waals surface area contributed by atoms with Crippen molar-refractivity contribution < 1.29 is 0 Å². The molecule has 0 bridgehead atoms. The molecule has 0 amide bonds.